The zero-order valence-corrected chi connectivity index (χ0v) is 24.3. The van der Waals surface area contributed by atoms with Crippen LogP contribution in [0.1, 0.15) is 11.5 Å². The van der Waals surface area contributed by atoms with Crippen molar-refractivity contribution in [3.8, 4) is 22.3 Å². The molecule has 0 aliphatic heterocycles. The number of hydrogen-bond acceptors (Lipinski definition) is 0. The molecule has 206 valence electrons. The van der Waals surface area contributed by atoms with E-state index in [-0.39, 0.29) is 0 Å². The molecule has 2 aliphatic rings. The van der Waals surface area contributed by atoms with Gasteiger partial charge in [-0.05, 0) is 82.5 Å². The van der Waals surface area contributed by atoms with Crippen molar-refractivity contribution in [1.29, 1.82) is 0 Å². The Labute approximate surface area is 257 Å². The summed E-state index contributed by atoms with van der Waals surface area (Å²) in [6, 6.07) is 47.4. The summed E-state index contributed by atoms with van der Waals surface area (Å²) in [5, 5.41) is 10.3. The lowest BCUT2D eigenvalue weighted by atomic mass is 9.76. The minimum Gasteiger partial charge on any atom is -0.0761 e. The first kappa shape index (κ1) is 25.1. The second-order valence-electron chi connectivity index (χ2n) is 12.0. The molecule has 0 nitrogen and oxygen atoms in total. The van der Waals surface area contributed by atoms with Crippen molar-refractivity contribution in [2.45, 2.75) is 5.92 Å². The van der Waals surface area contributed by atoms with E-state index < -0.39 is 0 Å². The number of benzene rings is 7. The standard InChI is InChI=1S/C44H30/c1-3-15-35-30(11-1)13-9-21-37(35)32-25-23-29-24-26-33(28-34(29)27-32)43-39-17-5-7-19-41(39)44(42-20-8-6-18-40(42)43)38-22-10-14-31-12-2-4-16-36(31)38/h1-28,35,37H. The average molecular weight is 559 g/mol. The summed E-state index contributed by atoms with van der Waals surface area (Å²) in [5.41, 5.74) is 7.90. The van der Waals surface area contributed by atoms with E-state index in [1.54, 1.807) is 0 Å². The SMILES string of the molecule is C1=CC2=CC=CC(c3ccc4ccc(-c5c6ccccc6c(-c6cccc7ccccc67)c6ccccc56)cc4c3)C2C=C1. The molecule has 0 bridgehead atoms. The highest BCUT2D eigenvalue weighted by Gasteiger charge is 2.25. The first-order valence-corrected chi connectivity index (χ1v) is 15.5. The molecule has 9 rings (SSSR count). The highest BCUT2D eigenvalue weighted by Crippen LogP contribution is 2.46. The van der Waals surface area contributed by atoms with Gasteiger partial charge in [0.2, 0.25) is 0 Å². The lowest BCUT2D eigenvalue weighted by Gasteiger charge is -2.28. The molecule has 0 spiro atoms. The van der Waals surface area contributed by atoms with Gasteiger partial charge in [0.15, 0.2) is 0 Å². The van der Waals surface area contributed by atoms with Crippen LogP contribution in [0, 0.1) is 5.92 Å². The molecule has 2 unspecified atom stereocenters. The van der Waals surface area contributed by atoms with E-state index in [0.717, 1.165) is 0 Å². The summed E-state index contributed by atoms with van der Waals surface area (Å²) in [5.74, 6) is 0.728. The minimum absolute atomic E-state index is 0.339. The van der Waals surface area contributed by atoms with Crippen LogP contribution in [0.25, 0.3) is 65.3 Å². The van der Waals surface area contributed by atoms with E-state index in [4.69, 9.17) is 0 Å². The van der Waals surface area contributed by atoms with Gasteiger partial charge in [0, 0.05) is 11.8 Å². The Balaban J connectivity index is 1.27. The van der Waals surface area contributed by atoms with Crippen LogP contribution in [0.5, 0.6) is 0 Å². The van der Waals surface area contributed by atoms with Crippen LogP contribution in [0.15, 0.2) is 175 Å². The van der Waals surface area contributed by atoms with E-state index in [2.05, 4.69) is 170 Å². The lowest BCUT2D eigenvalue weighted by Crippen LogP contribution is -2.14. The maximum absolute atomic E-state index is 2.41. The van der Waals surface area contributed by atoms with Gasteiger partial charge in [-0.15, -0.1) is 0 Å². The number of allylic oxidation sites excluding steroid dienone is 8. The van der Waals surface area contributed by atoms with Crippen molar-refractivity contribution in [1.82, 2.24) is 0 Å². The Morgan fingerprint density at radius 1 is 0.409 bits per heavy atom. The van der Waals surface area contributed by atoms with Gasteiger partial charge in [-0.1, -0.05) is 164 Å². The van der Waals surface area contributed by atoms with Crippen molar-refractivity contribution in [2.75, 3.05) is 0 Å². The highest BCUT2D eigenvalue weighted by atomic mass is 14.3. The zero-order valence-electron chi connectivity index (χ0n) is 24.3. The molecule has 44 heavy (non-hydrogen) atoms. The number of hydrogen-bond donors (Lipinski definition) is 0. The molecule has 0 radical (unpaired) electrons. The van der Waals surface area contributed by atoms with E-state index in [1.807, 2.05) is 0 Å². The summed E-state index contributed by atoms with van der Waals surface area (Å²) < 4.78 is 0. The average Bonchev–Trinajstić information content (AvgIpc) is 3.09. The minimum atomic E-state index is 0.339. The summed E-state index contributed by atoms with van der Waals surface area (Å²) in [6.07, 6.45) is 15.7. The number of rotatable bonds is 3. The smallest absolute Gasteiger partial charge is 0.0125 e. The second-order valence-corrected chi connectivity index (χ2v) is 12.0. The molecule has 7 aromatic rings. The molecule has 0 amide bonds. The molecule has 0 heterocycles. The summed E-state index contributed by atoms with van der Waals surface area (Å²) in [7, 11) is 0. The first-order chi connectivity index (χ1) is 21.8. The van der Waals surface area contributed by atoms with Gasteiger partial charge in [-0.2, -0.15) is 0 Å². The maximum atomic E-state index is 2.41. The second kappa shape index (κ2) is 10.1. The van der Waals surface area contributed by atoms with E-state index >= 15 is 0 Å². The van der Waals surface area contributed by atoms with Crippen molar-refractivity contribution in [3.05, 3.63) is 181 Å². The topological polar surface area (TPSA) is 0 Å². The van der Waals surface area contributed by atoms with Gasteiger partial charge in [0.05, 0.1) is 0 Å². The predicted molar refractivity (Wildman–Crippen MR) is 189 cm³/mol. The van der Waals surface area contributed by atoms with Crippen LogP contribution in [0.3, 0.4) is 0 Å². The Kier molecular flexibility index (Phi) is 5.74. The molecule has 0 fully saturated rings. The molecule has 0 N–H and O–H groups in total. The Morgan fingerprint density at radius 3 is 1.86 bits per heavy atom. The van der Waals surface area contributed by atoms with Gasteiger partial charge in [-0.3, -0.25) is 0 Å². The zero-order chi connectivity index (χ0) is 29.0. The summed E-state index contributed by atoms with van der Waals surface area (Å²) >= 11 is 0. The van der Waals surface area contributed by atoms with Gasteiger partial charge in [0.25, 0.3) is 0 Å². The number of fused-ring (bicyclic) bond motifs is 5. The van der Waals surface area contributed by atoms with E-state index in [0.29, 0.717) is 11.8 Å². The molecule has 0 saturated carbocycles. The lowest BCUT2D eigenvalue weighted by molar-refractivity contribution is 0.671. The van der Waals surface area contributed by atoms with Crippen molar-refractivity contribution >= 4 is 43.1 Å². The Hall–Kier alpha value is -5.46. The van der Waals surface area contributed by atoms with E-state index in [1.165, 1.54) is 76.5 Å². The van der Waals surface area contributed by atoms with Crippen LogP contribution in [0.4, 0.5) is 0 Å². The van der Waals surface area contributed by atoms with Crippen molar-refractivity contribution < 1.29 is 0 Å². The summed E-state index contributed by atoms with van der Waals surface area (Å²) in [6.45, 7) is 0. The molecule has 2 atom stereocenters. The van der Waals surface area contributed by atoms with Crippen LogP contribution < -0.4 is 0 Å². The fourth-order valence-corrected chi connectivity index (χ4v) is 7.59. The van der Waals surface area contributed by atoms with Crippen molar-refractivity contribution in [2.24, 2.45) is 5.92 Å². The van der Waals surface area contributed by atoms with Crippen LogP contribution in [-0.2, 0) is 0 Å². The molecule has 2 aliphatic carbocycles. The molecular weight excluding hydrogens is 528 g/mol. The van der Waals surface area contributed by atoms with Gasteiger partial charge < -0.3 is 0 Å². The van der Waals surface area contributed by atoms with E-state index in [9.17, 15) is 0 Å². The summed E-state index contributed by atoms with van der Waals surface area (Å²) in [4.78, 5) is 0. The van der Waals surface area contributed by atoms with Gasteiger partial charge in [0.1, 0.15) is 0 Å². The third kappa shape index (κ3) is 3.92. The Morgan fingerprint density at radius 2 is 1.07 bits per heavy atom. The Bertz CT molecular complexity index is 2330. The quantitative estimate of drug-likeness (QED) is 0.189. The maximum Gasteiger partial charge on any atom is 0.0125 e. The fraction of sp³-hybridized carbons (Fsp3) is 0.0455. The van der Waals surface area contributed by atoms with Gasteiger partial charge >= 0.3 is 0 Å². The molecule has 0 saturated heterocycles. The predicted octanol–water partition coefficient (Wildman–Crippen LogP) is 12.0. The van der Waals surface area contributed by atoms with Crippen LogP contribution in [0.2, 0.25) is 0 Å². The highest BCUT2D eigenvalue weighted by molar-refractivity contribution is 6.23. The third-order valence-electron chi connectivity index (χ3n) is 9.63. The monoisotopic (exact) mass is 558 g/mol. The molecule has 7 aromatic carbocycles. The van der Waals surface area contributed by atoms with Crippen LogP contribution >= 0.6 is 0 Å². The van der Waals surface area contributed by atoms with Crippen molar-refractivity contribution in [3.63, 3.8) is 0 Å². The molecule has 0 heteroatoms. The fourth-order valence-electron chi connectivity index (χ4n) is 7.59. The molecule has 0 aromatic heterocycles. The third-order valence-corrected chi connectivity index (χ3v) is 9.63. The molecular formula is C44H30. The largest absolute Gasteiger partial charge is 0.0761 e. The normalized spacial score (nSPS) is 17.4. The van der Waals surface area contributed by atoms with Crippen LogP contribution in [-0.4, -0.2) is 0 Å². The van der Waals surface area contributed by atoms with Gasteiger partial charge in [-0.25, -0.2) is 0 Å². The first-order valence-electron chi connectivity index (χ1n) is 15.5.